The summed E-state index contributed by atoms with van der Waals surface area (Å²) in [6.45, 7) is 7.15. The summed E-state index contributed by atoms with van der Waals surface area (Å²) in [7, 11) is 1.94. The number of hydrogen-bond donors (Lipinski definition) is 3. The Labute approximate surface area is 227 Å². The SMILES string of the molecule is CCOC(=O)C(Cc1cn(C)c2ccccc12)NC(=O)[C@H](Cc1c[nH]c2ccccc12)NC(=O)OC(C)(C)C. The summed E-state index contributed by atoms with van der Waals surface area (Å²) < 4.78 is 12.7. The van der Waals surface area contributed by atoms with Gasteiger partial charge in [-0.2, -0.15) is 0 Å². The lowest BCUT2D eigenvalue weighted by molar-refractivity contribution is -0.147. The molecule has 2 aromatic heterocycles. The van der Waals surface area contributed by atoms with Crippen molar-refractivity contribution in [1.29, 1.82) is 0 Å². The van der Waals surface area contributed by atoms with E-state index in [0.717, 1.165) is 32.9 Å². The van der Waals surface area contributed by atoms with Gasteiger partial charge < -0.3 is 29.7 Å². The van der Waals surface area contributed by atoms with Crippen LogP contribution < -0.4 is 10.6 Å². The normalized spacial score (nSPS) is 13.2. The van der Waals surface area contributed by atoms with E-state index in [1.807, 2.05) is 72.5 Å². The first-order chi connectivity index (χ1) is 18.6. The van der Waals surface area contributed by atoms with E-state index in [9.17, 15) is 14.4 Å². The molecule has 0 saturated carbocycles. The predicted molar refractivity (Wildman–Crippen MR) is 150 cm³/mol. The van der Waals surface area contributed by atoms with Gasteiger partial charge in [0.2, 0.25) is 5.91 Å². The lowest BCUT2D eigenvalue weighted by Gasteiger charge is -2.25. The van der Waals surface area contributed by atoms with E-state index >= 15 is 0 Å². The third-order valence-corrected chi connectivity index (χ3v) is 6.40. The average Bonchev–Trinajstić information content (AvgIpc) is 3.43. The first-order valence-electron chi connectivity index (χ1n) is 13.1. The van der Waals surface area contributed by atoms with Gasteiger partial charge in [0, 0.05) is 54.1 Å². The molecule has 0 radical (unpaired) electrons. The number of H-pyrrole nitrogens is 1. The van der Waals surface area contributed by atoms with Gasteiger partial charge in [-0.05, 0) is 51.0 Å². The number of carbonyl (C=O) groups excluding carboxylic acids is 3. The zero-order valence-electron chi connectivity index (χ0n) is 23.0. The molecular formula is C30H36N4O5. The van der Waals surface area contributed by atoms with Crippen LogP contribution in [-0.2, 0) is 39.0 Å². The van der Waals surface area contributed by atoms with Gasteiger partial charge in [0.05, 0.1) is 6.61 Å². The van der Waals surface area contributed by atoms with Crippen LogP contribution in [0.1, 0.15) is 38.8 Å². The summed E-state index contributed by atoms with van der Waals surface area (Å²) in [6, 6.07) is 13.6. The number of nitrogens with one attached hydrogen (secondary N) is 3. The summed E-state index contributed by atoms with van der Waals surface area (Å²) in [5.74, 6) is -1.05. The molecule has 0 aliphatic carbocycles. The number of alkyl carbamates (subject to hydrolysis) is 1. The van der Waals surface area contributed by atoms with Crippen LogP contribution in [0, 0.1) is 0 Å². The fourth-order valence-electron chi connectivity index (χ4n) is 4.70. The Bertz CT molecular complexity index is 1480. The minimum atomic E-state index is -0.997. The van der Waals surface area contributed by atoms with E-state index in [1.54, 1.807) is 27.7 Å². The molecule has 0 spiro atoms. The number of esters is 1. The van der Waals surface area contributed by atoms with Crippen molar-refractivity contribution in [2.75, 3.05) is 6.61 Å². The number of fused-ring (bicyclic) bond motifs is 2. The Kier molecular flexibility index (Phi) is 8.28. The molecule has 0 fully saturated rings. The van der Waals surface area contributed by atoms with Crippen molar-refractivity contribution in [2.45, 2.75) is 58.2 Å². The van der Waals surface area contributed by atoms with Crippen molar-refractivity contribution in [1.82, 2.24) is 20.2 Å². The molecule has 1 unspecified atom stereocenters. The molecule has 0 bridgehead atoms. The van der Waals surface area contributed by atoms with Gasteiger partial charge in [0.1, 0.15) is 17.7 Å². The molecule has 0 saturated heterocycles. The zero-order valence-corrected chi connectivity index (χ0v) is 23.0. The van der Waals surface area contributed by atoms with Crippen LogP contribution in [-0.4, -0.2) is 51.8 Å². The highest BCUT2D eigenvalue weighted by Gasteiger charge is 2.30. The van der Waals surface area contributed by atoms with E-state index in [-0.39, 0.29) is 19.4 Å². The van der Waals surface area contributed by atoms with Gasteiger partial charge in [-0.25, -0.2) is 9.59 Å². The Morgan fingerprint density at radius 1 is 0.923 bits per heavy atom. The van der Waals surface area contributed by atoms with Crippen molar-refractivity contribution in [3.05, 3.63) is 72.1 Å². The van der Waals surface area contributed by atoms with Crippen LogP contribution >= 0.6 is 0 Å². The number of hydrogen-bond acceptors (Lipinski definition) is 5. The molecule has 0 aliphatic heterocycles. The van der Waals surface area contributed by atoms with Gasteiger partial charge in [0.25, 0.3) is 0 Å². The predicted octanol–water partition coefficient (Wildman–Crippen LogP) is 4.39. The van der Waals surface area contributed by atoms with E-state index in [2.05, 4.69) is 15.6 Å². The third kappa shape index (κ3) is 6.79. The van der Waals surface area contributed by atoms with Gasteiger partial charge >= 0.3 is 12.1 Å². The molecule has 2 atom stereocenters. The lowest BCUT2D eigenvalue weighted by Crippen LogP contribution is -2.54. The number of amides is 2. The second-order valence-electron chi connectivity index (χ2n) is 10.6. The molecule has 4 rings (SSSR count). The number of carbonyl (C=O) groups is 3. The minimum Gasteiger partial charge on any atom is -0.464 e. The maximum atomic E-state index is 13.7. The lowest BCUT2D eigenvalue weighted by atomic mass is 10.0. The summed E-state index contributed by atoms with van der Waals surface area (Å²) >= 11 is 0. The average molecular weight is 533 g/mol. The topological polar surface area (TPSA) is 114 Å². The third-order valence-electron chi connectivity index (χ3n) is 6.40. The molecule has 3 N–H and O–H groups in total. The quantitative estimate of drug-likeness (QED) is 0.277. The van der Waals surface area contributed by atoms with Gasteiger partial charge in [-0.15, -0.1) is 0 Å². The summed E-state index contributed by atoms with van der Waals surface area (Å²) in [4.78, 5) is 42.6. The van der Waals surface area contributed by atoms with Crippen LogP contribution in [0.5, 0.6) is 0 Å². The van der Waals surface area contributed by atoms with Crippen LogP contribution in [0.2, 0.25) is 0 Å². The van der Waals surface area contributed by atoms with Gasteiger partial charge in [0.15, 0.2) is 0 Å². The summed E-state index contributed by atoms with van der Waals surface area (Å²) in [5, 5.41) is 7.49. The number of nitrogens with zero attached hydrogens (tertiary/aromatic N) is 1. The van der Waals surface area contributed by atoms with Crippen molar-refractivity contribution < 1.29 is 23.9 Å². The van der Waals surface area contributed by atoms with Crippen molar-refractivity contribution in [3.8, 4) is 0 Å². The largest absolute Gasteiger partial charge is 0.464 e. The highest BCUT2D eigenvalue weighted by Crippen LogP contribution is 2.23. The number of rotatable bonds is 9. The molecule has 9 heteroatoms. The Balaban J connectivity index is 1.61. The highest BCUT2D eigenvalue weighted by atomic mass is 16.6. The Hall–Kier alpha value is -4.27. The number of aromatic amines is 1. The second kappa shape index (κ2) is 11.6. The van der Waals surface area contributed by atoms with Crippen LogP contribution in [0.25, 0.3) is 21.8 Å². The van der Waals surface area contributed by atoms with Crippen molar-refractivity contribution in [2.24, 2.45) is 7.05 Å². The molecule has 2 amide bonds. The number of aryl methyl sites for hydroxylation is 1. The van der Waals surface area contributed by atoms with Crippen molar-refractivity contribution >= 4 is 39.8 Å². The number of aromatic nitrogens is 2. The fraction of sp³-hybridized carbons (Fsp3) is 0.367. The molecule has 206 valence electrons. The highest BCUT2D eigenvalue weighted by molar-refractivity contribution is 5.92. The van der Waals surface area contributed by atoms with Crippen LogP contribution in [0.4, 0.5) is 4.79 Å². The molecule has 4 aromatic rings. The maximum absolute atomic E-state index is 13.7. The van der Waals surface area contributed by atoms with E-state index < -0.39 is 35.7 Å². The molecule has 2 heterocycles. The van der Waals surface area contributed by atoms with E-state index in [0.29, 0.717) is 0 Å². The van der Waals surface area contributed by atoms with Crippen LogP contribution in [0.3, 0.4) is 0 Å². The zero-order chi connectivity index (χ0) is 28.2. The van der Waals surface area contributed by atoms with E-state index in [4.69, 9.17) is 9.47 Å². The van der Waals surface area contributed by atoms with Crippen LogP contribution in [0.15, 0.2) is 60.9 Å². The first-order valence-corrected chi connectivity index (χ1v) is 13.1. The molecule has 9 nitrogen and oxygen atoms in total. The second-order valence-corrected chi connectivity index (χ2v) is 10.6. The monoisotopic (exact) mass is 532 g/mol. The van der Waals surface area contributed by atoms with Gasteiger partial charge in [-0.3, -0.25) is 4.79 Å². The summed E-state index contributed by atoms with van der Waals surface area (Å²) in [5.41, 5.74) is 2.95. The number of ether oxygens (including phenoxy) is 2. The standard InChI is InChI=1S/C30H36N4O5/c1-6-38-28(36)25(16-20-18-34(5)26-14-10-8-12-22(20)26)32-27(35)24(33-29(37)39-30(2,3)4)15-19-17-31-23-13-9-7-11-21(19)23/h7-14,17-18,24-25,31H,6,15-16H2,1-5H3,(H,32,35)(H,33,37)/t24-,25?/m0/s1. The summed E-state index contributed by atoms with van der Waals surface area (Å²) in [6.07, 6.45) is 3.48. The first kappa shape index (κ1) is 27.8. The number of benzene rings is 2. The van der Waals surface area contributed by atoms with Crippen molar-refractivity contribution in [3.63, 3.8) is 0 Å². The Morgan fingerprint density at radius 2 is 1.59 bits per heavy atom. The number of para-hydroxylation sites is 2. The van der Waals surface area contributed by atoms with Gasteiger partial charge in [-0.1, -0.05) is 36.4 Å². The smallest absolute Gasteiger partial charge is 0.408 e. The van der Waals surface area contributed by atoms with E-state index in [1.165, 1.54) is 0 Å². The molecular weight excluding hydrogens is 496 g/mol. The maximum Gasteiger partial charge on any atom is 0.408 e. The fourth-order valence-corrected chi connectivity index (χ4v) is 4.70. The Morgan fingerprint density at radius 3 is 2.31 bits per heavy atom. The molecule has 2 aromatic carbocycles. The molecule has 0 aliphatic rings. The minimum absolute atomic E-state index is 0.176. The molecule has 39 heavy (non-hydrogen) atoms.